The number of carbonyl (C=O) groups excluding carboxylic acids is 1. The smallest absolute Gasteiger partial charge is 0.262 e. The van der Waals surface area contributed by atoms with E-state index in [0.29, 0.717) is 39.1 Å². The summed E-state index contributed by atoms with van der Waals surface area (Å²) in [5.74, 6) is 0.238. The number of nitrogens with zero attached hydrogens (tertiary/aromatic N) is 2. The fourth-order valence-corrected chi connectivity index (χ4v) is 4.35. The number of aryl methyl sites for hydroxylation is 2. The molecule has 0 fully saturated rings. The molecule has 8 heteroatoms. The van der Waals surface area contributed by atoms with E-state index in [0.717, 1.165) is 16.0 Å². The van der Waals surface area contributed by atoms with E-state index in [2.05, 4.69) is 4.98 Å². The second-order valence-corrected chi connectivity index (χ2v) is 8.05. The van der Waals surface area contributed by atoms with Crippen LogP contribution in [-0.4, -0.2) is 15.5 Å². The lowest BCUT2D eigenvalue weighted by Crippen LogP contribution is -2.24. The molecule has 0 aliphatic carbocycles. The van der Waals surface area contributed by atoms with E-state index in [1.54, 1.807) is 23.6 Å². The van der Waals surface area contributed by atoms with Crippen molar-refractivity contribution in [3.05, 3.63) is 49.3 Å². The summed E-state index contributed by atoms with van der Waals surface area (Å²) in [6, 6.07) is 5.32. The van der Waals surface area contributed by atoms with Gasteiger partial charge >= 0.3 is 0 Å². The van der Waals surface area contributed by atoms with Crippen molar-refractivity contribution in [1.82, 2.24) is 9.55 Å². The third-order valence-electron chi connectivity index (χ3n) is 4.19. The van der Waals surface area contributed by atoms with Gasteiger partial charge in [0.1, 0.15) is 10.7 Å². The molecule has 0 radical (unpaired) electrons. The predicted molar refractivity (Wildman–Crippen MR) is 107 cm³/mol. The molecule has 0 spiro atoms. The van der Waals surface area contributed by atoms with Gasteiger partial charge in [0, 0.05) is 23.4 Å². The largest absolute Gasteiger partial charge is 0.370 e. The Morgan fingerprint density at radius 1 is 1.27 bits per heavy atom. The van der Waals surface area contributed by atoms with E-state index in [9.17, 15) is 9.59 Å². The summed E-state index contributed by atoms with van der Waals surface area (Å²) in [6.07, 6.45) is 0.723. The number of aromatic nitrogens is 2. The Morgan fingerprint density at radius 3 is 2.65 bits per heavy atom. The lowest BCUT2D eigenvalue weighted by molar-refractivity contribution is -0.118. The molecule has 0 unspecified atom stereocenters. The zero-order valence-corrected chi connectivity index (χ0v) is 16.6. The molecule has 2 aromatic heterocycles. The van der Waals surface area contributed by atoms with Crippen molar-refractivity contribution >= 4 is 50.7 Å². The van der Waals surface area contributed by atoms with E-state index >= 15 is 0 Å². The minimum absolute atomic E-state index is 0.123. The highest BCUT2D eigenvalue weighted by Crippen LogP contribution is 2.38. The lowest BCUT2D eigenvalue weighted by Gasteiger charge is -2.10. The normalized spacial score (nSPS) is 11.2. The molecule has 3 rings (SSSR count). The summed E-state index contributed by atoms with van der Waals surface area (Å²) in [5.41, 5.74) is 6.72. The Balaban J connectivity index is 2.18. The quantitative estimate of drug-likeness (QED) is 0.681. The van der Waals surface area contributed by atoms with Gasteiger partial charge in [0.2, 0.25) is 5.91 Å². The van der Waals surface area contributed by atoms with E-state index in [4.69, 9.17) is 28.9 Å². The monoisotopic (exact) mass is 409 g/mol. The number of halogens is 2. The van der Waals surface area contributed by atoms with Gasteiger partial charge in [-0.25, -0.2) is 4.98 Å². The second kappa shape index (κ2) is 7.39. The van der Waals surface area contributed by atoms with Gasteiger partial charge in [-0.2, -0.15) is 0 Å². The summed E-state index contributed by atoms with van der Waals surface area (Å²) in [6.45, 7) is 4.14. The third-order valence-corrected chi connectivity index (χ3v) is 5.93. The van der Waals surface area contributed by atoms with Crippen molar-refractivity contribution in [2.24, 2.45) is 5.73 Å². The summed E-state index contributed by atoms with van der Waals surface area (Å²) < 4.78 is 1.60. The van der Waals surface area contributed by atoms with Crippen LogP contribution in [0.2, 0.25) is 10.0 Å². The molecule has 0 saturated heterocycles. The fourth-order valence-electron chi connectivity index (χ4n) is 2.97. The molecular weight excluding hydrogens is 393 g/mol. The van der Waals surface area contributed by atoms with E-state index < -0.39 is 0 Å². The molecule has 2 N–H and O–H groups in total. The molecule has 26 heavy (non-hydrogen) atoms. The minimum atomic E-state index is -0.382. The molecule has 2 heterocycles. The Kier molecular flexibility index (Phi) is 5.37. The topological polar surface area (TPSA) is 78.0 Å². The zero-order chi connectivity index (χ0) is 19.0. The van der Waals surface area contributed by atoms with E-state index in [1.165, 1.54) is 11.3 Å². The molecule has 3 aromatic rings. The Morgan fingerprint density at radius 2 is 2.00 bits per heavy atom. The average Bonchev–Trinajstić information content (AvgIpc) is 2.89. The molecule has 136 valence electrons. The van der Waals surface area contributed by atoms with Crippen LogP contribution in [0.15, 0.2) is 23.0 Å². The SMILES string of the molecule is Cc1sc2nc(C)n(CCCC(N)=O)c(=O)c2c1-c1ccc(Cl)c(Cl)c1. The summed E-state index contributed by atoms with van der Waals surface area (Å²) in [4.78, 5) is 30.4. The molecule has 0 atom stereocenters. The first-order chi connectivity index (χ1) is 12.3. The van der Waals surface area contributed by atoms with Crippen LogP contribution in [0.25, 0.3) is 21.3 Å². The summed E-state index contributed by atoms with van der Waals surface area (Å²) in [7, 11) is 0. The van der Waals surface area contributed by atoms with Crippen molar-refractivity contribution in [3.63, 3.8) is 0 Å². The number of benzene rings is 1. The third kappa shape index (κ3) is 3.49. The number of hydrogen-bond donors (Lipinski definition) is 1. The van der Waals surface area contributed by atoms with Gasteiger partial charge in [0.05, 0.1) is 15.4 Å². The van der Waals surface area contributed by atoms with Gasteiger partial charge in [-0.1, -0.05) is 29.3 Å². The highest BCUT2D eigenvalue weighted by Gasteiger charge is 2.19. The first-order valence-electron chi connectivity index (χ1n) is 8.04. The van der Waals surface area contributed by atoms with Crippen LogP contribution in [0, 0.1) is 13.8 Å². The van der Waals surface area contributed by atoms with E-state index in [1.807, 2.05) is 13.0 Å². The van der Waals surface area contributed by atoms with Gasteiger partial charge < -0.3 is 5.73 Å². The van der Waals surface area contributed by atoms with Crippen LogP contribution in [-0.2, 0) is 11.3 Å². The van der Waals surface area contributed by atoms with Crippen LogP contribution in [0.4, 0.5) is 0 Å². The molecule has 0 aliphatic rings. The summed E-state index contributed by atoms with van der Waals surface area (Å²) >= 11 is 13.6. The van der Waals surface area contributed by atoms with Crippen molar-refractivity contribution in [2.75, 3.05) is 0 Å². The van der Waals surface area contributed by atoms with Crippen molar-refractivity contribution < 1.29 is 4.79 Å². The number of carbonyl (C=O) groups is 1. The lowest BCUT2D eigenvalue weighted by atomic mass is 10.0. The predicted octanol–water partition coefficient (Wildman–Crippen LogP) is 4.31. The van der Waals surface area contributed by atoms with Crippen molar-refractivity contribution in [2.45, 2.75) is 33.2 Å². The van der Waals surface area contributed by atoms with Crippen LogP contribution in [0.3, 0.4) is 0 Å². The first kappa shape index (κ1) is 18.9. The maximum atomic E-state index is 13.1. The summed E-state index contributed by atoms with van der Waals surface area (Å²) in [5, 5.41) is 1.46. The molecule has 5 nitrogen and oxygen atoms in total. The zero-order valence-electron chi connectivity index (χ0n) is 14.3. The number of amides is 1. The first-order valence-corrected chi connectivity index (χ1v) is 9.61. The van der Waals surface area contributed by atoms with Crippen LogP contribution < -0.4 is 11.3 Å². The highest BCUT2D eigenvalue weighted by molar-refractivity contribution is 7.19. The highest BCUT2D eigenvalue weighted by atomic mass is 35.5. The van der Waals surface area contributed by atoms with Gasteiger partial charge in [-0.15, -0.1) is 11.3 Å². The number of nitrogens with two attached hydrogens (primary N) is 1. The van der Waals surface area contributed by atoms with Crippen LogP contribution in [0.1, 0.15) is 23.5 Å². The molecule has 0 bridgehead atoms. The maximum Gasteiger partial charge on any atom is 0.262 e. The maximum absolute atomic E-state index is 13.1. The van der Waals surface area contributed by atoms with Gasteiger partial charge in [0.25, 0.3) is 5.56 Å². The van der Waals surface area contributed by atoms with Crippen LogP contribution in [0.5, 0.6) is 0 Å². The number of fused-ring (bicyclic) bond motifs is 1. The number of hydrogen-bond acceptors (Lipinski definition) is 4. The number of rotatable bonds is 5. The van der Waals surface area contributed by atoms with Crippen LogP contribution >= 0.6 is 34.5 Å². The van der Waals surface area contributed by atoms with Gasteiger partial charge in [0.15, 0.2) is 0 Å². The van der Waals surface area contributed by atoms with Crippen molar-refractivity contribution in [3.8, 4) is 11.1 Å². The molecule has 0 aliphatic heterocycles. The molecular formula is C18H17Cl2N3O2S. The second-order valence-electron chi connectivity index (χ2n) is 6.03. The van der Waals surface area contributed by atoms with Crippen molar-refractivity contribution in [1.29, 1.82) is 0 Å². The average molecular weight is 410 g/mol. The number of thiophene rings is 1. The molecule has 1 aromatic carbocycles. The Labute approximate surface area is 164 Å². The number of primary amides is 1. The van der Waals surface area contributed by atoms with E-state index in [-0.39, 0.29) is 17.9 Å². The standard InChI is InChI=1S/C18H17Cl2N3O2S/c1-9-15(11-5-6-12(19)13(20)8-11)16-17(26-9)22-10(2)23(18(16)25)7-3-4-14(21)24/h5-6,8H,3-4,7H2,1-2H3,(H2,21,24). The molecule has 0 saturated carbocycles. The molecule has 1 amide bonds. The fraction of sp³-hybridized carbons (Fsp3) is 0.278. The minimum Gasteiger partial charge on any atom is -0.370 e. The Bertz CT molecular complexity index is 1070. The Hall–Kier alpha value is -1.89. The van der Waals surface area contributed by atoms with Gasteiger partial charge in [-0.3, -0.25) is 14.2 Å². The van der Waals surface area contributed by atoms with Gasteiger partial charge in [-0.05, 0) is 38.0 Å².